The van der Waals surface area contributed by atoms with E-state index < -0.39 is 17.6 Å². The van der Waals surface area contributed by atoms with Gasteiger partial charge in [-0.3, -0.25) is 0 Å². The number of nitrogens with two attached hydrogens (primary N) is 1. The van der Waals surface area contributed by atoms with Crippen molar-refractivity contribution in [3.8, 4) is 0 Å². The van der Waals surface area contributed by atoms with E-state index in [2.05, 4.69) is 5.32 Å². The molecule has 0 unspecified atom stereocenters. The largest absolute Gasteiger partial charge is 0.416 e. The Balaban J connectivity index is 2.88. The van der Waals surface area contributed by atoms with Crippen LogP contribution in [0.15, 0.2) is 18.2 Å². The Morgan fingerprint density at radius 1 is 1.27 bits per heavy atom. The average molecular weight is 222 g/mol. The minimum absolute atomic E-state index is 0.0217. The average Bonchev–Trinajstić information content (AvgIpc) is 2.14. The molecule has 3 N–H and O–H groups in total. The summed E-state index contributed by atoms with van der Waals surface area (Å²) in [4.78, 5) is 0. The van der Waals surface area contributed by atoms with Gasteiger partial charge in [0.25, 0.3) is 0 Å². The maximum atomic E-state index is 13.1. The molecule has 1 aromatic rings. The third-order valence-electron chi connectivity index (χ3n) is 1.76. The quantitative estimate of drug-likeness (QED) is 0.769. The molecule has 6 heteroatoms. The summed E-state index contributed by atoms with van der Waals surface area (Å²) in [5, 5.41) is 2.57. The lowest BCUT2D eigenvalue weighted by Gasteiger charge is -2.10. The molecule has 0 amide bonds. The predicted molar refractivity (Wildman–Crippen MR) is 48.9 cm³/mol. The minimum atomic E-state index is -4.52. The summed E-state index contributed by atoms with van der Waals surface area (Å²) in [6.07, 6.45) is -4.52. The number of halogens is 4. The van der Waals surface area contributed by atoms with Crippen LogP contribution in [0.1, 0.15) is 5.56 Å². The molecule has 0 heterocycles. The van der Waals surface area contributed by atoms with Crippen LogP contribution in [0.4, 0.5) is 23.2 Å². The molecule has 0 saturated carbocycles. The third kappa shape index (κ3) is 3.09. The molecule has 84 valence electrons. The number of hydrogen-bond acceptors (Lipinski definition) is 2. The minimum Gasteiger partial charge on any atom is -0.381 e. The summed E-state index contributed by atoms with van der Waals surface area (Å²) in [6, 6.07) is 2.33. The van der Waals surface area contributed by atoms with E-state index in [-0.39, 0.29) is 12.2 Å². The number of benzene rings is 1. The SMILES string of the molecule is NCCNc1ccc(C(F)(F)F)cc1F. The first-order valence-electron chi connectivity index (χ1n) is 4.26. The highest BCUT2D eigenvalue weighted by atomic mass is 19.4. The lowest BCUT2D eigenvalue weighted by molar-refractivity contribution is -0.137. The zero-order valence-electron chi connectivity index (χ0n) is 7.74. The summed E-state index contributed by atoms with van der Waals surface area (Å²) in [6.45, 7) is 0.586. The highest BCUT2D eigenvalue weighted by molar-refractivity contribution is 5.46. The second kappa shape index (κ2) is 4.48. The van der Waals surface area contributed by atoms with Crippen LogP contribution < -0.4 is 11.1 Å². The second-order valence-electron chi connectivity index (χ2n) is 2.91. The van der Waals surface area contributed by atoms with Crippen LogP contribution in [-0.4, -0.2) is 13.1 Å². The second-order valence-corrected chi connectivity index (χ2v) is 2.91. The van der Waals surface area contributed by atoms with Crippen LogP contribution >= 0.6 is 0 Å². The number of anilines is 1. The Kier molecular flexibility index (Phi) is 3.52. The van der Waals surface area contributed by atoms with Crippen LogP contribution in [0.5, 0.6) is 0 Å². The zero-order chi connectivity index (χ0) is 11.5. The highest BCUT2D eigenvalue weighted by Gasteiger charge is 2.31. The van der Waals surface area contributed by atoms with Crippen LogP contribution in [-0.2, 0) is 6.18 Å². The van der Waals surface area contributed by atoms with Gasteiger partial charge >= 0.3 is 6.18 Å². The molecular formula is C9H10F4N2. The summed E-state index contributed by atoms with van der Waals surface area (Å²) in [7, 11) is 0. The monoisotopic (exact) mass is 222 g/mol. The molecule has 0 aliphatic carbocycles. The smallest absolute Gasteiger partial charge is 0.381 e. The molecule has 1 aromatic carbocycles. The molecule has 2 nitrogen and oxygen atoms in total. The Labute approximate surface area is 84.1 Å². The van der Waals surface area contributed by atoms with Crippen molar-refractivity contribution in [2.45, 2.75) is 6.18 Å². The van der Waals surface area contributed by atoms with Crippen molar-refractivity contribution in [1.82, 2.24) is 0 Å². The number of rotatable bonds is 3. The van der Waals surface area contributed by atoms with Gasteiger partial charge in [0, 0.05) is 13.1 Å². The van der Waals surface area contributed by atoms with E-state index in [4.69, 9.17) is 5.73 Å². The van der Waals surface area contributed by atoms with E-state index in [0.717, 1.165) is 12.1 Å². The number of hydrogen-bond donors (Lipinski definition) is 2. The summed E-state index contributed by atoms with van der Waals surface area (Å²) in [5.41, 5.74) is 4.18. The molecule has 0 aromatic heterocycles. The van der Waals surface area contributed by atoms with Gasteiger partial charge in [-0.15, -0.1) is 0 Å². The molecule has 0 saturated heterocycles. The number of alkyl halides is 3. The fourth-order valence-electron chi connectivity index (χ4n) is 1.04. The molecule has 1 rings (SSSR count). The summed E-state index contributed by atoms with van der Waals surface area (Å²) < 4.78 is 49.5. The Morgan fingerprint density at radius 2 is 1.93 bits per heavy atom. The van der Waals surface area contributed by atoms with E-state index in [9.17, 15) is 17.6 Å². The molecule has 0 radical (unpaired) electrons. The molecule has 0 aliphatic rings. The molecule has 0 aliphatic heterocycles. The molecule has 0 fully saturated rings. The van der Waals surface area contributed by atoms with Crippen molar-refractivity contribution in [1.29, 1.82) is 0 Å². The molecule has 0 atom stereocenters. The van der Waals surface area contributed by atoms with Gasteiger partial charge in [-0.1, -0.05) is 0 Å². The zero-order valence-corrected chi connectivity index (χ0v) is 7.74. The maximum absolute atomic E-state index is 13.1. The van der Waals surface area contributed by atoms with Gasteiger partial charge in [0.1, 0.15) is 5.82 Å². The van der Waals surface area contributed by atoms with E-state index in [0.29, 0.717) is 12.6 Å². The molecule has 0 spiro atoms. The first kappa shape index (κ1) is 11.8. The van der Waals surface area contributed by atoms with Crippen molar-refractivity contribution in [2.75, 3.05) is 18.4 Å². The Bertz CT molecular complexity index is 335. The van der Waals surface area contributed by atoms with E-state index in [1.54, 1.807) is 0 Å². The van der Waals surface area contributed by atoms with Crippen molar-refractivity contribution in [3.05, 3.63) is 29.6 Å². The van der Waals surface area contributed by atoms with Crippen molar-refractivity contribution in [3.63, 3.8) is 0 Å². The number of nitrogens with one attached hydrogen (secondary N) is 1. The topological polar surface area (TPSA) is 38.0 Å². The summed E-state index contributed by atoms with van der Waals surface area (Å²) >= 11 is 0. The van der Waals surface area contributed by atoms with Gasteiger partial charge in [-0.05, 0) is 18.2 Å². The van der Waals surface area contributed by atoms with E-state index in [1.165, 1.54) is 0 Å². The Hall–Kier alpha value is -1.30. The van der Waals surface area contributed by atoms with Crippen molar-refractivity contribution < 1.29 is 17.6 Å². The molecular weight excluding hydrogens is 212 g/mol. The third-order valence-corrected chi connectivity index (χ3v) is 1.76. The fourth-order valence-corrected chi connectivity index (χ4v) is 1.04. The normalized spacial score (nSPS) is 11.5. The van der Waals surface area contributed by atoms with Gasteiger partial charge in [0.05, 0.1) is 11.3 Å². The predicted octanol–water partition coefficient (Wildman–Crippen LogP) is 2.22. The fraction of sp³-hybridized carbons (Fsp3) is 0.333. The lowest BCUT2D eigenvalue weighted by Crippen LogP contribution is -2.14. The summed E-state index contributed by atoms with van der Waals surface area (Å²) in [5.74, 6) is -0.932. The van der Waals surface area contributed by atoms with E-state index >= 15 is 0 Å². The van der Waals surface area contributed by atoms with E-state index in [1.807, 2.05) is 0 Å². The lowest BCUT2D eigenvalue weighted by atomic mass is 10.2. The van der Waals surface area contributed by atoms with Gasteiger partial charge in [-0.25, -0.2) is 4.39 Å². The van der Waals surface area contributed by atoms with Crippen LogP contribution in [0, 0.1) is 5.82 Å². The van der Waals surface area contributed by atoms with Gasteiger partial charge in [-0.2, -0.15) is 13.2 Å². The first-order valence-corrected chi connectivity index (χ1v) is 4.26. The highest BCUT2D eigenvalue weighted by Crippen LogP contribution is 2.31. The maximum Gasteiger partial charge on any atom is 0.416 e. The van der Waals surface area contributed by atoms with Crippen LogP contribution in [0.3, 0.4) is 0 Å². The standard InChI is InChI=1S/C9H10F4N2/c10-7-5-6(9(11,12)13)1-2-8(7)15-4-3-14/h1-2,5,15H,3-4,14H2. The van der Waals surface area contributed by atoms with Crippen molar-refractivity contribution >= 4 is 5.69 Å². The van der Waals surface area contributed by atoms with Gasteiger partial charge in [0.15, 0.2) is 0 Å². The first-order chi connectivity index (χ1) is 6.95. The Morgan fingerprint density at radius 3 is 2.40 bits per heavy atom. The van der Waals surface area contributed by atoms with Crippen LogP contribution in [0.2, 0.25) is 0 Å². The van der Waals surface area contributed by atoms with Gasteiger partial charge in [0.2, 0.25) is 0 Å². The van der Waals surface area contributed by atoms with Crippen LogP contribution in [0.25, 0.3) is 0 Å². The van der Waals surface area contributed by atoms with Gasteiger partial charge < -0.3 is 11.1 Å². The van der Waals surface area contributed by atoms with Crippen molar-refractivity contribution in [2.24, 2.45) is 5.73 Å². The molecule has 0 bridgehead atoms. The molecule has 15 heavy (non-hydrogen) atoms.